The van der Waals surface area contributed by atoms with Crippen LogP contribution in [0.1, 0.15) is 31.7 Å². The summed E-state index contributed by atoms with van der Waals surface area (Å²) in [7, 11) is 0. The summed E-state index contributed by atoms with van der Waals surface area (Å²) in [6.07, 6.45) is 3.32. The second-order valence-corrected chi connectivity index (χ2v) is 5.24. The minimum absolute atomic E-state index is 0.456. The molecular weight excluding hydrogens is 246 g/mol. The summed E-state index contributed by atoms with van der Waals surface area (Å²) in [6.45, 7) is 5.51. The first-order valence-corrected chi connectivity index (χ1v) is 7.09. The summed E-state index contributed by atoms with van der Waals surface area (Å²) in [6, 6.07) is 4.88. The first-order chi connectivity index (χ1) is 9.20. The van der Waals surface area contributed by atoms with Gasteiger partial charge >= 0.3 is 0 Å². The maximum Gasteiger partial charge on any atom is 0.163 e. The predicted octanol–water partition coefficient (Wildman–Crippen LogP) is 2.93. The minimum Gasteiger partial charge on any atom is -0.313 e. The molecular formula is C15H22F2N2. The van der Waals surface area contributed by atoms with Gasteiger partial charge in [0.15, 0.2) is 11.6 Å². The Morgan fingerprint density at radius 3 is 3.00 bits per heavy atom. The zero-order valence-electron chi connectivity index (χ0n) is 11.5. The number of rotatable bonds is 4. The summed E-state index contributed by atoms with van der Waals surface area (Å²) in [5.41, 5.74) is 0.456. The van der Waals surface area contributed by atoms with E-state index >= 15 is 0 Å². The quantitative estimate of drug-likeness (QED) is 0.903. The van der Waals surface area contributed by atoms with E-state index in [0.717, 1.165) is 38.9 Å². The lowest BCUT2D eigenvalue weighted by atomic mass is 10.1. The molecule has 0 aliphatic carbocycles. The molecule has 2 rings (SSSR count). The Morgan fingerprint density at radius 2 is 2.21 bits per heavy atom. The molecule has 1 aromatic rings. The molecule has 1 unspecified atom stereocenters. The first kappa shape index (κ1) is 14.4. The molecule has 0 bridgehead atoms. The Hall–Kier alpha value is -1.00. The van der Waals surface area contributed by atoms with Crippen molar-refractivity contribution in [3.8, 4) is 0 Å². The van der Waals surface area contributed by atoms with Crippen LogP contribution in [0.3, 0.4) is 0 Å². The predicted molar refractivity (Wildman–Crippen MR) is 73.0 cm³/mol. The van der Waals surface area contributed by atoms with Crippen molar-refractivity contribution < 1.29 is 8.78 Å². The highest BCUT2D eigenvalue weighted by atomic mass is 19.2. The van der Waals surface area contributed by atoms with Crippen molar-refractivity contribution in [3.05, 3.63) is 35.4 Å². The minimum atomic E-state index is -0.754. The van der Waals surface area contributed by atoms with Crippen LogP contribution < -0.4 is 5.32 Å². The van der Waals surface area contributed by atoms with Crippen molar-refractivity contribution in [2.45, 2.75) is 38.8 Å². The smallest absolute Gasteiger partial charge is 0.163 e. The molecule has 1 saturated heterocycles. The van der Waals surface area contributed by atoms with Gasteiger partial charge in [0, 0.05) is 24.7 Å². The summed E-state index contributed by atoms with van der Waals surface area (Å²) >= 11 is 0. The van der Waals surface area contributed by atoms with Gasteiger partial charge < -0.3 is 5.32 Å². The fourth-order valence-electron chi connectivity index (χ4n) is 2.67. The van der Waals surface area contributed by atoms with Gasteiger partial charge in [0.25, 0.3) is 0 Å². The van der Waals surface area contributed by atoms with E-state index in [-0.39, 0.29) is 0 Å². The Kier molecular flexibility index (Phi) is 5.28. The van der Waals surface area contributed by atoms with E-state index in [2.05, 4.69) is 17.1 Å². The molecule has 1 atom stereocenters. The van der Waals surface area contributed by atoms with Gasteiger partial charge in [0.05, 0.1) is 0 Å². The molecule has 4 heteroatoms. The molecule has 1 aromatic carbocycles. The molecule has 2 nitrogen and oxygen atoms in total. The molecule has 19 heavy (non-hydrogen) atoms. The van der Waals surface area contributed by atoms with Crippen molar-refractivity contribution >= 4 is 0 Å². The molecule has 0 saturated carbocycles. The highest BCUT2D eigenvalue weighted by Gasteiger charge is 2.18. The second kappa shape index (κ2) is 6.96. The third kappa shape index (κ3) is 3.98. The van der Waals surface area contributed by atoms with Gasteiger partial charge in [-0.25, -0.2) is 8.78 Å². The largest absolute Gasteiger partial charge is 0.313 e. The molecule has 1 heterocycles. The Labute approximate surface area is 113 Å². The monoisotopic (exact) mass is 268 g/mol. The molecule has 1 N–H and O–H groups in total. The molecule has 1 fully saturated rings. The highest BCUT2D eigenvalue weighted by Crippen LogP contribution is 2.15. The van der Waals surface area contributed by atoms with Gasteiger partial charge in [-0.3, -0.25) is 4.90 Å². The standard InChI is InChI=1S/C15H22F2N2/c1-2-5-13-11-19(9-4-8-18-13)10-12-6-3-7-14(16)15(12)17/h3,6-7,13,18H,2,4-5,8-11H2,1H3. The van der Waals surface area contributed by atoms with E-state index in [1.807, 2.05) is 0 Å². The Bertz CT molecular complexity index is 409. The molecule has 0 amide bonds. The average Bonchev–Trinajstić information content (AvgIpc) is 2.61. The maximum absolute atomic E-state index is 13.7. The molecule has 1 aliphatic rings. The number of benzene rings is 1. The lowest BCUT2D eigenvalue weighted by Gasteiger charge is -2.24. The van der Waals surface area contributed by atoms with Crippen LogP contribution in [0.5, 0.6) is 0 Å². The van der Waals surface area contributed by atoms with Gasteiger partial charge in [0.2, 0.25) is 0 Å². The van der Waals surface area contributed by atoms with E-state index in [1.54, 1.807) is 12.1 Å². The first-order valence-electron chi connectivity index (χ1n) is 7.09. The van der Waals surface area contributed by atoms with Crippen LogP contribution in [0.2, 0.25) is 0 Å². The zero-order valence-corrected chi connectivity index (χ0v) is 11.5. The van der Waals surface area contributed by atoms with E-state index in [0.29, 0.717) is 18.2 Å². The van der Waals surface area contributed by atoms with Crippen LogP contribution in [-0.4, -0.2) is 30.6 Å². The molecule has 0 radical (unpaired) electrons. The number of halogens is 2. The van der Waals surface area contributed by atoms with Crippen molar-refractivity contribution in [1.82, 2.24) is 10.2 Å². The Morgan fingerprint density at radius 1 is 1.37 bits per heavy atom. The Balaban J connectivity index is 2.02. The highest BCUT2D eigenvalue weighted by molar-refractivity contribution is 5.18. The molecule has 0 spiro atoms. The van der Waals surface area contributed by atoms with Crippen LogP contribution in [0, 0.1) is 11.6 Å². The fourth-order valence-corrected chi connectivity index (χ4v) is 2.67. The van der Waals surface area contributed by atoms with Gasteiger partial charge in [-0.15, -0.1) is 0 Å². The molecule has 1 aliphatic heterocycles. The average molecular weight is 268 g/mol. The number of hydrogen-bond donors (Lipinski definition) is 1. The summed E-state index contributed by atoms with van der Waals surface area (Å²) in [5.74, 6) is -1.46. The third-order valence-corrected chi connectivity index (χ3v) is 3.63. The second-order valence-electron chi connectivity index (χ2n) is 5.24. The summed E-state index contributed by atoms with van der Waals surface area (Å²) in [4.78, 5) is 2.22. The van der Waals surface area contributed by atoms with E-state index in [4.69, 9.17) is 0 Å². The molecule has 0 aromatic heterocycles. The molecule has 106 valence electrons. The van der Waals surface area contributed by atoms with Gasteiger partial charge in [-0.2, -0.15) is 0 Å². The van der Waals surface area contributed by atoms with Crippen LogP contribution in [0.25, 0.3) is 0 Å². The van der Waals surface area contributed by atoms with Crippen molar-refractivity contribution in [1.29, 1.82) is 0 Å². The normalized spacial score (nSPS) is 21.3. The van der Waals surface area contributed by atoms with Crippen LogP contribution in [0.15, 0.2) is 18.2 Å². The van der Waals surface area contributed by atoms with Gasteiger partial charge in [-0.05, 0) is 32.0 Å². The van der Waals surface area contributed by atoms with Crippen molar-refractivity contribution in [3.63, 3.8) is 0 Å². The summed E-state index contributed by atoms with van der Waals surface area (Å²) in [5, 5.41) is 3.51. The SMILES string of the molecule is CCCC1CN(Cc2cccc(F)c2F)CCCN1. The van der Waals surface area contributed by atoms with E-state index in [9.17, 15) is 8.78 Å². The van der Waals surface area contributed by atoms with Crippen molar-refractivity contribution in [2.75, 3.05) is 19.6 Å². The number of hydrogen-bond acceptors (Lipinski definition) is 2. The topological polar surface area (TPSA) is 15.3 Å². The van der Waals surface area contributed by atoms with Gasteiger partial charge in [-0.1, -0.05) is 25.5 Å². The van der Waals surface area contributed by atoms with Gasteiger partial charge in [0.1, 0.15) is 0 Å². The third-order valence-electron chi connectivity index (χ3n) is 3.63. The van der Waals surface area contributed by atoms with Crippen LogP contribution >= 0.6 is 0 Å². The fraction of sp³-hybridized carbons (Fsp3) is 0.600. The van der Waals surface area contributed by atoms with E-state index in [1.165, 1.54) is 6.07 Å². The van der Waals surface area contributed by atoms with E-state index < -0.39 is 11.6 Å². The zero-order chi connectivity index (χ0) is 13.7. The summed E-state index contributed by atoms with van der Waals surface area (Å²) < 4.78 is 26.9. The van der Waals surface area contributed by atoms with Crippen LogP contribution in [-0.2, 0) is 6.54 Å². The lowest BCUT2D eigenvalue weighted by molar-refractivity contribution is 0.250. The van der Waals surface area contributed by atoms with Crippen molar-refractivity contribution in [2.24, 2.45) is 0 Å². The number of nitrogens with one attached hydrogen (secondary N) is 1. The number of nitrogens with zero attached hydrogens (tertiary/aromatic N) is 1. The maximum atomic E-state index is 13.7. The van der Waals surface area contributed by atoms with Crippen LogP contribution in [0.4, 0.5) is 8.78 Å². The lowest BCUT2D eigenvalue weighted by Crippen LogP contribution is -2.37.